The summed E-state index contributed by atoms with van der Waals surface area (Å²) in [5, 5.41) is 0. The smallest absolute Gasteiger partial charge is 0.222 e. The van der Waals surface area contributed by atoms with E-state index in [1.54, 1.807) is 0 Å². The Bertz CT molecular complexity index is 462. The average Bonchev–Trinajstić information content (AvgIpc) is 2.70. The number of para-hydroxylation sites is 1. The number of hydrogen-bond acceptors (Lipinski definition) is 2. The molecule has 0 aliphatic carbocycles. The van der Waals surface area contributed by atoms with E-state index in [9.17, 15) is 4.79 Å². The summed E-state index contributed by atoms with van der Waals surface area (Å²) >= 11 is 0. The molecule has 0 bridgehead atoms. The second kappa shape index (κ2) is 5.24. The Morgan fingerprint density at radius 3 is 2.58 bits per heavy atom. The van der Waals surface area contributed by atoms with Crippen molar-refractivity contribution in [1.82, 2.24) is 4.90 Å². The largest absolute Gasteiger partial charge is 0.399 e. The normalized spacial score (nSPS) is 20.1. The molecule has 0 spiro atoms. The van der Waals surface area contributed by atoms with Crippen LogP contribution >= 0.6 is 0 Å². The van der Waals surface area contributed by atoms with Crippen LogP contribution in [0.4, 0.5) is 5.69 Å². The van der Waals surface area contributed by atoms with E-state index in [0.29, 0.717) is 12.3 Å². The summed E-state index contributed by atoms with van der Waals surface area (Å²) in [5.41, 5.74) is 8.09. The van der Waals surface area contributed by atoms with Crippen molar-refractivity contribution in [2.75, 3.05) is 18.8 Å². The first-order valence-electron chi connectivity index (χ1n) is 6.99. The number of nitrogens with zero attached hydrogens (tertiary/aromatic N) is 1. The van der Waals surface area contributed by atoms with Crippen molar-refractivity contribution < 1.29 is 4.79 Å². The first-order valence-corrected chi connectivity index (χ1v) is 6.99. The minimum absolute atomic E-state index is 0.205. The van der Waals surface area contributed by atoms with Crippen LogP contribution in [-0.2, 0) is 11.2 Å². The lowest BCUT2D eigenvalue weighted by Gasteiger charge is -2.26. The zero-order valence-corrected chi connectivity index (χ0v) is 12.1. The Labute approximate surface area is 115 Å². The number of rotatable bonds is 3. The predicted octanol–water partition coefficient (Wildman–Crippen LogP) is 2.71. The van der Waals surface area contributed by atoms with Crippen LogP contribution < -0.4 is 5.73 Å². The van der Waals surface area contributed by atoms with Gasteiger partial charge in [-0.15, -0.1) is 0 Å². The Morgan fingerprint density at radius 1 is 1.32 bits per heavy atom. The molecular formula is C16H24N2O. The zero-order valence-electron chi connectivity index (χ0n) is 12.1. The minimum Gasteiger partial charge on any atom is -0.399 e. The van der Waals surface area contributed by atoms with E-state index < -0.39 is 0 Å². The molecule has 104 valence electrons. The highest BCUT2D eigenvalue weighted by atomic mass is 16.2. The van der Waals surface area contributed by atoms with Gasteiger partial charge in [-0.1, -0.05) is 39.0 Å². The topological polar surface area (TPSA) is 46.3 Å². The molecule has 1 aliphatic heterocycles. The van der Waals surface area contributed by atoms with Crippen LogP contribution in [0.25, 0.3) is 0 Å². The van der Waals surface area contributed by atoms with Gasteiger partial charge in [-0.25, -0.2) is 0 Å². The van der Waals surface area contributed by atoms with E-state index in [-0.39, 0.29) is 11.3 Å². The molecule has 1 heterocycles. The van der Waals surface area contributed by atoms with Crippen molar-refractivity contribution in [2.24, 2.45) is 11.3 Å². The highest BCUT2D eigenvalue weighted by Crippen LogP contribution is 2.34. The number of nitrogen functional groups attached to an aromatic ring is 1. The number of carbonyl (C=O) groups excluding carboxylic acids is 1. The second-order valence-corrected chi connectivity index (χ2v) is 6.56. The molecule has 1 saturated heterocycles. The fraction of sp³-hybridized carbons (Fsp3) is 0.562. The molecule has 1 aliphatic rings. The van der Waals surface area contributed by atoms with E-state index in [0.717, 1.165) is 30.8 Å². The quantitative estimate of drug-likeness (QED) is 0.849. The number of benzene rings is 1. The first-order chi connectivity index (χ1) is 8.88. The molecular weight excluding hydrogens is 236 g/mol. The molecule has 0 aromatic heterocycles. The van der Waals surface area contributed by atoms with Gasteiger partial charge in [0, 0.05) is 25.2 Å². The minimum atomic E-state index is 0.205. The number of nitrogens with two attached hydrogens (primary N) is 1. The van der Waals surface area contributed by atoms with Gasteiger partial charge in [-0.2, -0.15) is 0 Å². The third kappa shape index (κ3) is 3.28. The molecule has 0 radical (unpaired) electrons. The van der Waals surface area contributed by atoms with Gasteiger partial charge in [-0.05, 0) is 29.4 Å². The average molecular weight is 260 g/mol. The number of amides is 1. The standard InChI is InChI=1S/C16H24N2O/c1-16(2,3)13-10-15(19)18(11-13)9-8-12-6-4-5-7-14(12)17/h4-7,13H,8-11,17H2,1-3H3. The van der Waals surface area contributed by atoms with Crippen molar-refractivity contribution in [3.63, 3.8) is 0 Å². The van der Waals surface area contributed by atoms with Crippen molar-refractivity contribution >= 4 is 11.6 Å². The summed E-state index contributed by atoms with van der Waals surface area (Å²) in [6.07, 6.45) is 1.53. The van der Waals surface area contributed by atoms with Crippen molar-refractivity contribution in [2.45, 2.75) is 33.6 Å². The zero-order chi connectivity index (χ0) is 14.0. The highest BCUT2D eigenvalue weighted by Gasteiger charge is 2.36. The molecule has 1 unspecified atom stereocenters. The number of hydrogen-bond donors (Lipinski definition) is 1. The molecule has 1 amide bonds. The van der Waals surface area contributed by atoms with Gasteiger partial charge in [0.25, 0.3) is 0 Å². The van der Waals surface area contributed by atoms with Crippen LogP contribution in [0.5, 0.6) is 0 Å². The Hall–Kier alpha value is -1.51. The van der Waals surface area contributed by atoms with Crippen LogP contribution in [0.3, 0.4) is 0 Å². The van der Waals surface area contributed by atoms with Gasteiger partial charge in [0.1, 0.15) is 0 Å². The molecule has 1 atom stereocenters. The van der Waals surface area contributed by atoms with E-state index in [4.69, 9.17) is 5.73 Å². The van der Waals surface area contributed by atoms with Crippen molar-refractivity contribution in [3.05, 3.63) is 29.8 Å². The Balaban J connectivity index is 1.94. The number of likely N-dealkylation sites (tertiary alicyclic amines) is 1. The molecule has 3 nitrogen and oxygen atoms in total. The van der Waals surface area contributed by atoms with Gasteiger partial charge in [0.05, 0.1) is 0 Å². The fourth-order valence-electron chi connectivity index (χ4n) is 2.59. The summed E-state index contributed by atoms with van der Waals surface area (Å²) in [6.45, 7) is 8.30. The molecule has 1 aromatic rings. The lowest BCUT2D eigenvalue weighted by molar-refractivity contribution is -0.127. The van der Waals surface area contributed by atoms with Gasteiger partial charge in [-0.3, -0.25) is 4.79 Å². The summed E-state index contributed by atoms with van der Waals surface area (Å²) in [6, 6.07) is 7.89. The maximum Gasteiger partial charge on any atom is 0.222 e. The van der Waals surface area contributed by atoms with Gasteiger partial charge < -0.3 is 10.6 Å². The predicted molar refractivity (Wildman–Crippen MR) is 78.7 cm³/mol. The van der Waals surface area contributed by atoms with Crippen LogP contribution in [0.2, 0.25) is 0 Å². The Morgan fingerprint density at radius 2 is 2.00 bits per heavy atom. The van der Waals surface area contributed by atoms with Crippen LogP contribution in [0.15, 0.2) is 24.3 Å². The van der Waals surface area contributed by atoms with Crippen molar-refractivity contribution in [3.8, 4) is 0 Å². The molecule has 2 rings (SSSR count). The fourth-order valence-corrected chi connectivity index (χ4v) is 2.59. The highest BCUT2D eigenvalue weighted by molar-refractivity contribution is 5.78. The summed E-state index contributed by atoms with van der Waals surface area (Å²) < 4.78 is 0. The van der Waals surface area contributed by atoms with E-state index in [1.807, 2.05) is 29.2 Å². The van der Waals surface area contributed by atoms with Crippen LogP contribution in [0.1, 0.15) is 32.8 Å². The van der Waals surface area contributed by atoms with Crippen molar-refractivity contribution in [1.29, 1.82) is 0 Å². The Kier molecular flexibility index (Phi) is 3.83. The third-order valence-corrected chi connectivity index (χ3v) is 4.15. The van der Waals surface area contributed by atoms with E-state index in [1.165, 1.54) is 0 Å². The van der Waals surface area contributed by atoms with Crippen LogP contribution in [-0.4, -0.2) is 23.9 Å². The van der Waals surface area contributed by atoms with Crippen LogP contribution in [0, 0.1) is 11.3 Å². The maximum atomic E-state index is 12.0. The number of anilines is 1. The monoisotopic (exact) mass is 260 g/mol. The van der Waals surface area contributed by atoms with E-state index >= 15 is 0 Å². The lowest BCUT2D eigenvalue weighted by atomic mass is 9.80. The molecule has 1 fully saturated rings. The maximum absolute atomic E-state index is 12.0. The lowest BCUT2D eigenvalue weighted by Crippen LogP contribution is -2.29. The summed E-state index contributed by atoms with van der Waals surface area (Å²) in [5.74, 6) is 0.752. The first kappa shape index (κ1) is 13.9. The van der Waals surface area contributed by atoms with Gasteiger partial charge in [0.2, 0.25) is 5.91 Å². The summed E-state index contributed by atoms with van der Waals surface area (Å²) in [4.78, 5) is 14.0. The SMILES string of the molecule is CC(C)(C)C1CC(=O)N(CCc2ccccc2N)C1. The molecule has 3 heteroatoms. The molecule has 19 heavy (non-hydrogen) atoms. The van der Waals surface area contributed by atoms with Gasteiger partial charge in [0.15, 0.2) is 0 Å². The van der Waals surface area contributed by atoms with Gasteiger partial charge >= 0.3 is 0 Å². The molecule has 1 aromatic carbocycles. The third-order valence-electron chi connectivity index (χ3n) is 4.15. The number of carbonyl (C=O) groups is 1. The molecule has 0 saturated carbocycles. The summed E-state index contributed by atoms with van der Waals surface area (Å²) in [7, 11) is 0. The molecule has 2 N–H and O–H groups in total. The second-order valence-electron chi connectivity index (χ2n) is 6.56. The van der Waals surface area contributed by atoms with E-state index in [2.05, 4.69) is 20.8 Å².